The molecule has 2 rings (SSSR count). The third-order valence-electron chi connectivity index (χ3n) is 2.78. The van der Waals surface area contributed by atoms with E-state index in [0.717, 1.165) is 10.0 Å². The molecule has 0 heterocycles. The molecular formula is C15H13BrO3. The summed E-state index contributed by atoms with van der Waals surface area (Å²) >= 11 is 3.35. The summed E-state index contributed by atoms with van der Waals surface area (Å²) in [4.78, 5) is 24.0. The lowest BCUT2D eigenvalue weighted by Crippen LogP contribution is -2.19. The van der Waals surface area contributed by atoms with Crippen LogP contribution in [0.4, 0.5) is 0 Å². The second-order valence-corrected chi connectivity index (χ2v) is 4.94. The summed E-state index contributed by atoms with van der Waals surface area (Å²) in [6.45, 7) is 1.98. The van der Waals surface area contributed by atoms with Crippen LogP contribution in [0, 0.1) is 0 Å². The second kappa shape index (κ2) is 5.97. The smallest absolute Gasteiger partial charge is 0.341 e. The Morgan fingerprint density at radius 2 is 1.95 bits per heavy atom. The van der Waals surface area contributed by atoms with Crippen molar-refractivity contribution in [1.82, 2.24) is 0 Å². The first-order chi connectivity index (χ1) is 9.13. The van der Waals surface area contributed by atoms with Crippen LogP contribution in [0.3, 0.4) is 0 Å². The van der Waals surface area contributed by atoms with Gasteiger partial charge in [-0.1, -0.05) is 40.2 Å². The van der Waals surface area contributed by atoms with Crippen LogP contribution in [-0.4, -0.2) is 18.4 Å². The van der Waals surface area contributed by atoms with Gasteiger partial charge in [-0.2, -0.15) is 0 Å². The van der Waals surface area contributed by atoms with E-state index in [2.05, 4.69) is 15.9 Å². The van der Waals surface area contributed by atoms with Gasteiger partial charge >= 0.3 is 5.97 Å². The monoisotopic (exact) mass is 320 g/mol. The normalized spacial score (nSPS) is 14.7. The van der Waals surface area contributed by atoms with Crippen LogP contribution >= 0.6 is 15.9 Å². The maximum absolute atomic E-state index is 12.3. The minimum absolute atomic E-state index is 0.127. The van der Waals surface area contributed by atoms with Crippen LogP contribution in [0.1, 0.15) is 18.9 Å². The molecule has 0 bridgehead atoms. The van der Waals surface area contributed by atoms with Crippen LogP contribution in [0.2, 0.25) is 0 Å². The molecule has 98 valence electrons. The molecule has 1 aliphatic rings. The largest absolute Gasteiger partial charge is 0.462 e. The zero-order chi connectivity index (χ0) is 13.8. The minimum Gasteiger partial charge on any atom is -0.462 e. The molecule has 1 aromatic rings. The number of halogens is 1. The van der Waals surface area contributed by atoms with E-state index in [9.17, 15) is 9.59 Å². The van der Waals surface area contributed by atoms with E-state index in [-0.39, 0.29) is 18.0 Å². The highest BCUT2D eigenvalue weighted by molar-refractivity contribution is 9.10. The Labute approximate surface area is 120 Å². The van der Waals surface area contributed by atoms with Crippen molar-refractivity contribution in [2.75, 3.05) is 6.61 Å². The molecular weight excluding hydrogens is 308 g/mol. The molecule has 0 aliphatic heterocycles. The summed E-state index contributed by atoms with van der Waals surface area (Å²) in [6, 6.07) is 7.43. The fourth-order valence-electron chi connectivity index (χ4n) is 1.89. The Kier molecular flexibility index (Phi) is 4.32. The Morgan fingerprint density at radius 1 is 1.26 bits per heavy atom. The highest BCUT2D eigenvalue weighted by Crippen LogP contribution is 2.26. The number of Topliss-reactive ketones (excluding diaryl/α,β-unsaturated/α-hetero) is 1. The first-order valence-corrected chi connectivity index (χ1v) is 6.81. The number of carbonyl (C=O) groups is 2. The zero-order valence-corrected chi connectivity index (χ0v) is 12.1. The average Bonchev–Trinajstić information content (AvgIpc) is 2.40. The average molecular weight is 321 g/mol. The number of ketones is 1. The molecule has 0 spiro atoms. The Bertz CT molecular complexity index is 568. The van der Waals surface area contributed by atoms with Gasteiger partial charge in [-0.05, 0) is 31.0 Å². The molecule has 1 aromatic carbocycles. The van der Waals surface area contributed by atoms with E-state index < -0.39 is 5.97 Å². The van der Waals surface area contributed by atoms with Gasteiger partial charge in [0.2, 0.25) is 0 Å². The van der Waals surface area contributed by atoms with Crippen molar-refractivity contribution < 1.29 is 14.3 Å². The maximum atomic E-state index is 12.3. The van der Waals surface area contributed by atoms with Gasteiger partial charge in [-0.15, -0.1) is 0 Å². The first kappa shape index (κ1) is 13.7. The summed E-state index contributed by atoms with van der Waals surface area (Å²) in [5.74, 6) is -0.817. The van der Waals surface area contributed by atoms with Gasteiger partial charge in [0.05, 0.1) is 6.61 Å². The number of esters is 1. The molecule has 1 aliphatic carbocycles. The molecule has 19 heavy (non-hydrogen) atoms. The van der Waals surface area contributed by atoms with E-state index >= 15 is 0 Å². The van der Waals surface area contributed by atoms with Crippen molar-refractivity contribution in [1.29, 1.82) is 0 Å². The maximum Gasteiger partial charge on any atom is 0.341 e. The minimum atomic E-state index is -0.546. The van der Waals surface area contributed by atoms with Gasteiger partial charge in [-0.25, -0.2) is 4.79 Å². The fourth-order valence-corrected chi connectivity index (χ4v) is 2.15. The predicted octanol–water partition coefficient (Wildman–Crippen LogP) is 3.29. The summed E-state index contributed by atoms with van der Waals surface area (Å²) in [5.41, 5.74) is 1.49. The number of hydrogen-bond donors (Lipinski definition) is 0. The number of ether oxygens (including phenoxy) is 1. The van der Waals surface area contributed by atoms with Gasteiger partial charge in [0.1, 0.15) is 5.57 Å². The predicted molar refractivity (Wildman–Crippen MR) is 76.5 cm³/mol. The van der Waals surface area contributed by atoms with Crippen LogP contribution in [0.15, 0.2) is 46.5 Å². The van der Waals surface area contributed by atoms with Crippen LogP contribution in [-0.2, 0) is 14.3 Å². The molecule has 0 atom stereocenters. The molecule has 0 saturated carbocycles. The molecule has 4 heteroatoms. The molecule has 0 N–H and O–H groups in total. The van der Waals surface area contributed by atoms with E-state index in [1.165, 1.54) is 0 Å². The van der Waals surface area contributed by atoms with Gasteiger partial charge in [-0.3, -0.25) is 4.79 Å². The van der Waals surface area contributed by atoms with Crippen LogP contribution in [0.25, 0.3) is 5.57 Å². The van der Waals surface area contributed by atoms with Gasteiger partial charge in [0, 0.05) is 10.0 Å². The van der Waals surface area contributed by atoms with Crippen molar-refractivity contribution in [3.05, 3.63) is 52.0 Å². The van der Waals surface area contributed by atoms with Crippen molar-refractivity contribution in [2.45, 2.75) is 13.3 Å². The lowest BCUT2D eigenvalue weighted by atomic mass is 9.91. The first-order valence-electron chi connectivity index (χ1n) is 6.01. The van der Waals surface area contributed by atoms with Crippen molar-refractivity contribution in [3.63, 3.8) is 0 Å². The van der Waals surface area contributed by atoms with Gasteiger partial charge < -0.3 is 4.74 Å². The standard InChI is InChI=1S/C15H13BrO3/c1-2-19-15(18)13-5-3-4-12(14(13)17)10-6-8-11(16)9-7-10/h4-9H,2-3H2,1H3. The molecule has 0 radical (unpaired) electrons. The lowest BCUT2D eigenvalue weighted by Gasteiger charge is -2.13. The molecule has 0 fully saturated rings. The van der Waals surface area contributed by atoms with Crippen molar-refractivity contribution in [3.8, 4) is 0 Å². The molecule has 3 nitrogen and oxygen atoms in total. The van der Waals surface area contributed by atoms with E-state index in [4.69, 9.17) is 4.74 Å². The van der Waals surface area contributed by atoms with Crippen molar-refractivity contribution in [2.24, 2.45) is 0 Å². The van der Waals surface area contributed by atoms with E-state index in [1.54, 1.807) is 13.0 Å². The lowest BCUT2D eigenvalue weighted by molar-refractivity contribution is -0.139. The topological polar surface area (TPSA) is 43.4 Å². The van der Waals surface area contributed by atoms with E-state index in [0.29, 0.717) is 12.0 Å². The summed E-state index contributed by atoms with van der Waals surface area (Å²) in [7, 11) is 0. The quantitative estimate of drug-likeness (QED) is 0.634. The molecule has 0 saturated heterocycles. The summed E-state index contributed by atoms with van der Waals surface area (Å²) in [5, 5.41) is 0. The highest BCUT2D eigenvalue weighted by Gasteiger charge is 2.25. The molecule has 0 aromatic heterocycles. The second-order valence-electron chi connectivity index (χ2n) is 4.03. The SMILES string of the molecule is CCOC(=O)C1=CCC=C(c2ccc(Br)cc2)C1=O. The number of carbonyl (C=O) groups excluding carboxylic acids is 2. The number of benzene rings is 1. The Hall–Kier alpha value is -1.68. The Balaban J connectivity index is 2.25. The Morgan fingerprint density at radius 3 is 2.58 bits per heavy atom. The number of hydrogen-bond acceptors (Lipinski definition) is 3. The fraction of sp³-hybridized carbons (Fsp3) is 0.200. The number of rotatable bonds is 3. The zero-order valence-electron chi connectivity index (χ0n) is 10.5. The van der Waals surface area contributed by atoms with Crippen LogP contribution in [0.5, 0.6) is 0 Å². The van der Waals surface area contributed by atoms with Crippen molar-refractivity contribution >= 4 is 33.3 Å². The van der Waals surface area contributed by atoms with Crippen LogP contribution < -0.4 is 0 Å². The van der Waals surface area contributed by atoms with Gasteiger partial charge in [0.25, 0.3) is 0 Å². The van der Waals surface area contributed by atoms with Gasteiger partial charge in [0.15, 0.2) is 5.78 Å². The molecule has 0 unspecified atom stereocenters. The summed E-state index contributed by atoms with van der Waals surface area (Å²) < 4.78 is 5.84. The van der Waals surface area contributed by atoms with E-state index in [1.807, 2.05) is 30.3 Å². The highest BCUT2D eigenvalue weighted by atomic mass is 79.9. The molecule has 0 amide bonds. The summed E-state index contributed by atoms with van der Waals surface area (Å²) in [6.07, 6.45) is 4.00. The third-order valence-corrected chi connectivity index (χ3v) is 3.31. The third kappa shape index (κ3) is 3.01. The number of allylic oxidation sites excluding steroid dienone is 3.